The molecule has 4 rings (SSSR count). The van der Waals surface area contributed by atoms with Gasteiger partial charge < -0.3 is 4.57 Å². The molecule has 0 N–H and O–H groups in total. The van der Waals surface area contributed by atoms with Gasteiger partial charge in [-0.25, -0.2) is 13.8 Å². The van der Waals surface area contributed by atoms with Crippen LogP contribution in [0.2, 0.25) is 0 Å². The number of hydrogen-bond donors (Lipinski definition) is 0. The van der Waals surface area contributed by atoms with Crippen LogP contribution in [0.15, 0.2) is 36.3 Å². The Morgan fingerprint density at radius 3 is 2.96 bits per heavy atom. The molecule has 1 aliphatic heterocycles. The Morgan fingerprint density at radius 2 is 2.09 bits per heavy atom. The van der Waals surface area contributed by atoms with Gasteiger partial charge in [0.15, 0.2) is 5.78 Å². The zero-order valence-electron chi connectivity index (χ0n) is 12.6. The minimum atomic E-state index is -0.668. The van der Waals surface area contributed by atoms with Gasteiger partial charge in [-0.2, -0.15) is 0 Å². The summed E-state index contributed by atoms with van der Waals surface area (Å²) < 4.78 is 29.2. The van der Waals surface area contributed by atoms with Crippen LogP contribution in [0.5, 0.6) is 0 Å². The standard InChI is InChI=1S/C18H16F2N2O/c19-11-5-6-15(20)14(7-11)18(23)8-16-12-3-1-2-4-13(12)17-9-21-10-22(16)17/h5-7,9-10,16H,1-4,8H2. The highest BCUT2D eigenvalue weighted by Crippen LogP contribution is 2.45. The number of aromatic nitrogens is 2. The van der Waals surface area contributed by atoms with E-state index in [9.17, 15) is 13.6 Å². The van der Waals surface area contributed by atoms with E-state index in [0.29, 0.717) is 0 Å². The average molecular weight is 314 g/mol. The summed E-state index contributed by atoms with van der Waals surface area (Å²) in [5.74, 6) is -1.63. The lowest BCUT2D eigenvalue weighted by molar-refractivity contribution is 0.0964. The first-order chi connectivity index (χ1) is 11.1. The van der Waals surface area contributed by atoms with Crippen LogP contribution in [-0.2, 0) is 0 Å². The van der Waals surface area contributed by atoms with Crippen molar-refractivity contribution in [1.82, 2.24) is 9.55 Å². The first kappa shape index (κ1) is 14.3. The predicted octanol–water partition coefficient (Wildman–Crippen LogP) is 4.32. The summed E-state index contributed by atoms with van der Waals surface area (Å²) >= 11 is 0. The van der Waals surface area contributed by atoms with E-state index >= 15 is 0 Å². The van der Waals surface area contributed by atoms with Crippen LogP contribution in [0, 0.1) is 11.6 Å². The molecule has 0 fully saturated rings. The van der Waals surface area contributed by atoms with Crippen molar-refractivity contribution < 1.29 is 13.6 Å². The lowest BCUT2D eigenvalue weighted by Crippen LogP contribution is -2.15. The number of imidazole rings is 1. The van der Waals surface area contributed by atoms with E-state index in [4.69, 9.17) is 0 Å². The van der Waals surface area contributed by atoms with E-state index < -0.39 is 11.6 Å². The molecule has 3 nitrogen and oxygen atoms in total. The highest BCUT2D eigenvalue weighted by molar-refractivity contribution is 5.97. The van der Waals surface area contributed by atoms with Crippen molar-refractivity contribution in [2.75, 3.05) is 0 Å². The predicted molar refractivity (Wildman–Crippen MR) is 82.0 cm³/mol. The van der Waals surface area contributed by atoms with E-state index in [-0.39, 0.29) is 23.8 Å². The molecule has 0 saturated heterocycles. The molecular weight excluding hydrogens is 298 g/mol. The monoisotopic (exact) mass is 314 g/mol. The molecule has 1 aromatic heterocycles. The van der Waals surface area contributed by atoms with Gasteiger partial charge in [0.1, 0.15) is 11.6 Å². The minimum Gasteiger partial charge on any atom is -0.323 e. The highest BCUT2D eigenvalue weighted by Gasteiger charge is 2.34. The number of halogens is 2. The third-order valence-corrected chi connectivity index (χ3v) is 4.83. The first-order valence-electron chi connectivity index (χ1n) is 7.87. The molecule has 2 heterocycles. The van der Waals surface area contributed by atoms with Gasteiger partial charge in [0.2, 0.25) is 0 Å². The zero-order valence-corrected chi connectivity index (χ0v) is 12.6. The molecule has 1 aromatic carbocycles. The Labute approximate surface area is 132 Å². The van der Waals surface area contributed by atoms with Gasteiger partial charge in [0, 0.05) is 6.42 Å². The Balaban J connectivity index is 1.67. The summed E-state index contributed by atoms with van der Waals surface area (Å²) in [6.07, 6.45) is 7.91. The second kappa shape index (κ2) is 5.41. The third kappa shape index (κ3) is 2.31. The van der Waals surface area contributed by atoms with E-state index in [1.165, 1.54) is 11.1 Å². The lowest BCUT2D eigenvalue weighted by Gasteiger charge is -2.20. The van der Waals surface area contributed by atoms with Crippen molar-refractivity contribution in [2.45, 2.75) is 38.1 Å². The summed E-state index contributed by atoms with van der Waals surface area (Å²) in [5, 5.41) is 0. The summed E-state index contributed by atoms with van der Waals surface area (Å²) in [7, 11) is 0. The number of benzene rings is 1. The van der Waals surface area contributed by atoms with E-state index in [1.807, 2.05) is 10.8 Å². The van der Waals surface area contributed by atoms with Crippen molar-refractivity contribution >= 4 is 11.4 Å². The second-order valence-electron chi connectivity index (χ2n) is 6.16. The van der Waals surface area contributed by atoms with Crippen molar-refractivity contribution in [2.24, 2.45) is 0 Å². The summed E-state index contributed by atoms with van der Waals surface area (Å²) in [5.41, 5.74) is 3.44. The lowest BCUT2D eigenvalue weighted by atomic mass is 9.87. The smallest absolute Gasteiger partial charge is 0.168 e. The fourth-order valence-electron chi connectivity index (χ4n) is 3.76. The van der Waals surface area contributed by atoms with Gasteiger partial charge in [-0.1, -0.05) is 0 Å². The Hall–Kier alpha value is -2.30. The maximum absolute atomic E-state index is 13.8. The molecule has 0 radical (unpaired) electrons. The van der Waals surface area contributed by atoms with Gasteiger partial charge in [0.05, 0.1) is 29.8 Å². The molecule has 1 atom stereocenters. The SMILES string of the molecule is O=C(CC1C2=C(CCCC2)c2cncn21)c1cc(F)ccc1F. The zero-order chi connectivity index (χ0) is 16.0. The normalized spacial score (nSPS) is 19.7. The number of carbonyl (C=O) groups is 1. The quantitative estimate of drug-likeness (QED) is 0.791. The molecule has 1 aliphatic carbocycles. The number of Topliss-reactive ketones (excluding diaryl/α,β-unsaturated/α-hetero) is 1. The fraction of sp³-hybridized carbons (Fsp3) is 0.333. The number of nitrogens with zero attached hydrogens (tertiary/aromatic N) is 2. The molecule has 2 aromatic rings. The molecule has 5 heteroatoms. The maximum atomic E-state index is 13.8. The largest absolute Gasteiger partial charge is 0.323 e. The summed E-state index contributed by atoms with van der Waals surface area (Å²) in [6.45, 7) is 0. The van der Waals surface area contributed by atoms with Crippen molar-refractivity contribution in [3.05, 3.63) is 59.2 Å². The number of allylic oxidation sites excluding steroid dienone is 2. The van der Waals surface area contributed by atoms with Crippen molar-refractivity contribution in [1.29, 1.82) is 0 Å². The van der Waals surface area contributed by atoms with Crippen LogP contribution in [-0.4, -0.2) is 15.3 Å². The van der Waals surface area contributed by atoms with Crippen LogP contribution in [0.3, 0.4) is 0 Å². The van der Waals surface area contributed by atoms with Gasteiger partial charge in [-0.05, 0) is 55.0 Å². The Kier molecular flexibility index (Phi) is 3.36. The number of carbonyl (C=O) groups excluding carboxylic acids is 1. The molecule has 2 aliphatic rings. The molecule has 0 saturated carbocycles. The highest BCUT2D eigenvalue weighted by atomic mass is 19.1. The molecule has 0 bridgehead atoms. The topological polar surface area (TPSA) is 34.9 Å². The second-order valence-corrected chi connectivity index (χ2v) is 6.16. The van der Waals surface area contributed by atoms with Crippen LogP contribution in [0.1, 0.15) is 54.2 Å². The van der Waals surface area contributed by atoms with Gasteiger partial charge in [-0.15, -0.1) is 0 Å². The number of fused-ring (bicyclic) bond motifs is 2. The van der Waals surface area contributed by atoms with Gasteiger partial charge >= 0.3 is 0 Å². The van der Waals surface area contributed by atoms with Crippen LogP contribution in [0.25, 0.3) is 5.57 Å². The Bertz CT molecular complexity index is 822. The fourth-order valence-corrected chi connectivity index (χ4v) is 3.76. The molecule has 23 heavy (non-hydrogen) atoms. The maximum Gasteiger partial charge on any atom is 0.168 e. The molecule has 0 spiro atoms. The summed E-state index contributed by atoms with van der Waals surface area (Å²) in [4.78, 5) is 16.7. The minimum absolute atomic E-state index is 0.113. The third-order valence-electron chi connectivity index (χ3n) is 4.83. The van der Waals surface area contributed by atoms with E-state index in [0.717, 1.165) is 49.6 Å². The number of rotatable bonds is 3. The van der Waals surface area contributed by atoms with Gasteiger partial charge in [-0.3, -0.25) is 4.79 Å². The summed E-state index contributed by atoms with van der Waals surface area (Å²) in [6, 6.07) is 2.90. The van der Waals surface area contributed by atoms with Crippen molar-refractivity contribution in [3.63, 3.8) is 0 Å². The van der Waals surface area contributed by atoms with Gasteiger partial charge in [0.25, 0.3) is 0 Å². The number of hydrogen-bond acceptors (Lipinski definition) is 2. The average Bonchev–Trinajstić information content (AvgIpc) is 3.13. The van der Waals surface area contributed by atoms with Crippen LogP contribution >= 0.6 is 0 Å². The molecule has 1 unspecified atom stereocenters. The first-order valence-corrected chi connectivity index (χ1v) is 7.87. The molecular formula is C18H16F2N2O. The Morgan fingerprint density at radius 1 is 1.26 bits per heavy atom. The molecule has 118 valence electrons. The van der Waals surface area contributed by atoms with Crippen LogP contribution < -0.4 is 0 Å². The van der Waals surface area contributed by atoms with Crippen molar-refractivity contribution in [3.8, 4) is 0 Å². The molecule has 0 amide bonds. The van der Waals surface area contributed by atoms with Crippen LogP contribution in [0.4, 0.5) is 8.78 Å². The number of ketones is 1. The van der Waals surface area contributed by atoms with E-state index in [2.05, 4.69) is 4.98 Å². The van der Waals surface area contributed by atoms with E-state index in [1.54, 1.807) is 6.33 Å².